The highest BCUT2D eigenvalue weighted by atomic mass is 32.2. The number of carbonyl (C=O) groups is 2. The van der Waals surface area contributed by atoms with Crippen LogP contribution >= 0.6 is 0 Å². The molecule has 0 saturated heterocycles. The Labute approximate surface area is 222 Å². The van der Waals surface area contributed by atoms with E-state index in [1.165, 1.54) is 30.1 Å². The summed E-state index contributed by atoms with van der Waals surface area (Å²) in [5.74, 6) is -1.02. The lowest BCUT2D eigenvalue weighted by Crippen LogP contribution is -2.50. The lowest BCUT2D eigenvalue weighted by molar-refractivity contribution is 0.0387. The summed E-state index contributed by atoms with van der Waals surface area (Å²) in [7, 11) is -2.53. The molecular weight excluding hydrogens is 515 g/mol. The molecule has 0 saturated carbocycles. The van der Waals surface area contributed by atoms with E-state index in [9.17, 15) is 27.5 Å². The Hall–Kier alpha value is -3.22. The summed E-state index contributed by atoms with van der Waals surface area (Å²) in [4.78, 5) is 27.2. The summed E-state index contributed by atoms with van der Waals surface area (Å²) in [6.45, 7) is 7.07. The number of amides is 3. The smallest absolute Gasteiger partial charge is 0.319 e. The summed E-state index contributed by atoms with van der Waals surface area (Å²) in [6, 6.07) is 8.18. The van der Waals surface area contributed by atoms with E-state index >= 15 is 0 Å². The third-order valence-corrected chi connectivity index (χ3v) is 8.14. The predicted molar refractivity (Wildman–Crippen MR) is 141 cm³/mol. The van der Waals surface area contributed by atoms with Gasteiger partial charge in [0.25, 0.3) is 5.91 Å². The maximum Gasteiger partial charge on any atom is 0.319 e. The highest BCUT2D eigenvalue weighted by Crippen LogP contribution is 2.31. The summed E-state index contributed by atoms with van der Waals surface area (Å²) < 4.78 is 46.9. The number of rotatable bonds is 8. The topological polar surface area (TPSA) is 128 Å². The van der Waals surface area contributed by atoms with Gasteiger partial charge >= 0.3 is 6.03 Å². The number of hydrogen-bond acceptors (Lipinski definition) is 6. The van der Waals surface area contributed by atoms with Crippen molar-refractivity contribution in [3.8, 4) is 5.75 Å². The number of anilines is 1. The van der Waals surface area contributed by atoms with Gasteiger partial charge in [-0.25, -0.2) is 17.6 Å². The lowest BCUT2D eigenvalue weighted by atomic mass is 9.99. The number of urea groups is 1. The number of aliphatic hydroxyl groups is 1. The average Bonchev–Trinajstić information content (AvgIpc) is 2.85. The van der Waals surface area contributed by atoms with E-state index in [0.29, 0.717) is 5.69 Å². The molecule has 38 heavy (non-hydrogen) atoms. The molecule has 1 aliphatic heterocycles. The van der Waals surface area contributed by atoms with E-state index in [4.69, 9.17) is 4.74 Å². The van der Waals surface area contributed by atoms with Crippen LogP contribution in [0.5, 0.6) is 5.75 Å². The van der Waals surface area contributed by atoms with Crippen LogP contribution in [0.4, 0.5) is 14.9 Å². The van der Waals surface area contributed by atoms with Gasteiger partial charge in [0, 0.05) is 31.2 Å². The second kappa shape index (κ2) is 12.1. The van der Waals surface area contributed by atoms with Crippen molar-refractivity contribution in [1.82, 2.24) is 14.5 Å². The van der Waals surface area contributed by atoms with E-state index in [1.807, 2.05) is 20.8 Å². The van der Waals surface area contributed by atoms with Gasteiger partial charge in [0.15, 0.2) is 0 Å². The van der Waals surface area contributed by atoms with Crippen molar-refractivity contribution in [2.75, 3.05) is 32.1 Å². The van der Waals surface area contributed by atoms with Crippen molar-refractivity contribution in [2.24, 2.45) is 5.92 Å². The van der Waals surface area contributed by atoms with Crippen molar-refractivity contribution in [2.45, 2.75) is 50.8 Å². The summed E-state index contributed by atoms with van der Waals surface area (Å²) in [6.07, 6.45) is -0.668. The van der Waals surface area contributed by atoms with Crippen molar-refractivity contribution in [1.29, 1.82) is 0 Å². The Morgan fingerprint density at radius 1 is 1.21 bits per heavy atom. The number of ether oxygens (including phenoxy) is 1. The molecule has 10 nitrogen and oxygen atoms in total. The van der Waals surface area contributed by atoms with Gasteiger partial charge in [-0.1, -0.05) is 6.92 Å². The Balaban J connectivity index is 1.94. The first kappa shape index (κ1) is 29.3. The highest BCUT2D eigenvalue weighted by molar-refractivity contribution is 7.89. The third-order valence-electron chi connectivity index (χ3n) is 6.30. The fourth-order valence-corrected chi connectivity index (χ4v) is 5.27. The van der Waals surface area contributed by atoms with Crippen molar-refractivity contribution in [3.05, 3.63) is 53.8 Å². The summed E-state index contributed by atoms with van der Waals surface area (Å²) in [5.41, 5.74) is 0.547. The van der Waals surface area contributed by atoms with Crippen LogP contribution in [0.1, 0.15) is 38.1 Å². The van der Waals surface area contributed by atoms with E-state index in [1.54, 1.807) is 19.1 Å². The number of fused-ring (bicyclic) bond motifs is 1. The molecule has 2 aromatic carbocycles. The fourth-order valence-electron chi connectivity index (χ4n) is 4.09. The highest BCUT2D eigenvalue weighted by Gasteiger charge is 2.35. The predicted octanol–water partition coefficient (Wildman–Crippen LogP) is 2.90. The average molecular weight is 551 g/mol. The molecule has 1 aliphatic rings. The van der Waals surface area contributed by atoms with Crippen LogP contribution in [-0.2, 0) is 10.0 Å². The third kappa shape index (κ3) is 6.80. The minimum absolute atomic E-state index is 0.0490. The molecule has 0 spiro atoms. The van der Waals surface area contributed by atoms with Crippen molar-refractivity contribution < 1.29 is 32.2 Å². The minimum Gasteiger partial charge on any atom is -0.488 e. The van der Waals surface area contributed by atoms with E-state index < -0.39 is 34.0 Å². The van der Waals surface area contributed by atoms with Crippen LogP contribution in [-0.4, -0.2) is 79.6 Å². The molecule has 0 unspecified atom stereocenters. The molecule has 208 valence electrons. The first-order chi connectivity index (χ1) is 17.8. The maximum atomic E-state index is 13.5. The zero-order valence-corrected chi connectivity index (χ0v) is 23.0. The van der Waals surface area contributed by atoms with Crippen molar-refractivity contribution >= 4 is 27.6 Å². The number of benzene rings is 2. The molecular formula is C26H35FN4O6S. The SMILES string of the molecule is CC(C)NC(=O)Nc1ccc2c(c1)C(=O)N([C@@H](C)CO)C[C@@H](C)[C@H](CN(C)S(=O)(=O)c1ccc(F)cc1)O2. The van der Waals surface area contributed by atoms with Gasteiger partial charge in [-0.2, -0.15) is 4.31 Å². The Morgan fingerprint density at radius 3 is 2.47 bits per heavy atom. The first-order valence-electron chi connectivity index (χ1n) is 12.4. The first-order valence-corrected chi connectivity index (χ1v) is 13.8. The quantitative estimate of drug-likeness (QED) is 0.464. The van der Waals surface area contributed by atoms with Crippen LogP contribution < -0.4 is 15.4 Å². The van der Waals surface area contributed by atoms with Crippen LogP contribution in [0.25, 0.3) is 0 Å². The van der Waals surface area contributed by atoms with E-state index in [0.717, 1.165) is 16.4 Å². The zero-order valence-electron chi connectivity index (χ0n) is 22.1. The molecule has 3 amide bonds. The normalized spacial score (nSPS) is 18.9. The molecule has 0 bridgehead atoms. The second-order valence-electron chi connectivity index (χ2n) is 9.83. The number of nitrogens with one attached hydrogen (secondary N) is 2. The number of aliphatic hydroxyl groups excluding tert-OH is 1. The summed E-state index contributed by atoms with van der Waals surface area (Å²) >= 11 is 0. The number of halogens is 1. The molecule has 3 rings (SSSR count). The van der Waals surface area contributed by atoms with Gasteiger partial charge < -0.3 is 25.4 Å². The van der Waals surface area contributed by atoms with Crippen LogP contribution in [0.15, 0.2) is 47.4 Å². The maximum absolute atomic E-state index is 13.5. The Bertz CT molecular complexity index is 1250. The van der Waals surface area contributed by atoms with Crippen LogP contribution in [0, 0.1) is 11.7 Å². The Kier molecular flexibility index (Phi) is 9.34. The van der Waals surface area contributed by atoms with Gasteiger partial charge in [0.1, 0.15) is 17.7 Å². The van der Waals surface area contributed by atoms with Gasteiger partial charge in [0.2, 0.25) is 10.0 Å². The van der Waals surface area contributed by atoms with Crippen LogP contribution in [0.2, 0.25) is 0 Å². The minimum atomic E-state index is -3.94. The molecule has 12 heteroatoms. The lowest BCUT2D eigenvalue weighted by Gasteiger charge is -2.38. The Morgan fingerprint density at radius 2 is 1.87 bits per heavy atom. The van der Waals surface area contributed by atoms with Crippen LogP contribution in [0.3, 0.4) is 0 Å². The molecule has 1 heterocycles. The van der Waals surface area contributed by atoms with E-state index in [-0.39, 0.29) is 53.8 Å². The molecule has 0 aromatic heterocycles. The zero-order chi connectivity index (χ0) is 28.2. The number of nitrogens with zero attached hydrogens (tertiary/aromatic N) is 2. The van der Waals surface area contributed by atoms with E-state index in [2.05, 4.69) is 10.6 Å². The summed E-state index contributed by atoms with van der Waals surface area (Å²) in [5, 5.41) is 15.2. The molecule has 2 aromatic rings. The molecule has 3 atom stereocenters. The van der Waals surface area contributed by atoms with Gasteiger partial charge in [-0.15, -0.1) is 0 Å². The number of likely N-dealkylation sites (N-methyl/N-ethyl adjacent to an activating group) is 1. The monoisotopic (exact) mass is 550 g/mol. The number of carbonyl (C=O) groups excluding carboxylic acids is 2. The molecule has 3 N–H and O–H groups in total. The fraction of sp³-hybridized carbons (Fsp3) is 0.462. The second-order valence-corrected chi connectivity index (χ2v) is 11.9. The van der Waals surface area contributed by atoms with Gasteiger partial charge in [-0.05, 0) is 63.2 Å². The van der Waals surface area contributed by atoms with Crippen molar-refractivity contribution in [3.63, 3.8) is 0 Å². The van der Waals surface area contributed by atoms with Gasteiger partial charge in [0.05, 0.1) is 29.7 Å². The molecule has 0 radical (unpaired) electrons. The standard InChI is InChI=1S/C26H35FN4O6S/c1-16(2)28-26(34)29-20-8-11-23-22(12-20)25(33)31(18(4)15-32)13-17(3)24(37-23)14-30(5)38(35,36)21-9-6-19(27)7-10-21/h6-12,16-18,24,32H,13-15H2,1-5H3,(H2,28,29,34)/t17-,18+,24+/m1/s1. The molecule has 0 aliphatic carbocycles. The number of sulfonamides is 1. The molecule has 0 fully saturated rings. The van der Waals surface area contributed by atoms with Gasteiger partial charge in [-0.3, -0.25) is 4.79 Å². The largest absolute Gasteiger partial charge is 0.488 e. The number of hydrogen-bond donors (Lipinski definition) is 3.